The van der Waals surface area contributed by atoms with E-state index in [1.165, 1.54) is 5.56 Å². The van der Waals surface area contributed by atoms with Crippen LogP contribution in [0, 0.1) is 0 Å². The van der Waals surface area contributed by atoms with Crippen molar-refractivity contribution in [3.63, 3.8) is 0 Å². The molecule has 4 heteroatoms. The summed E-state index contributed by atoms with van der Waals surface area (Å²) < 4.78 is 5.12. The predicted molar refractivity (Wildman–Crippen MR) is 84.3 cm³/mol. The molecule has 1 aliphatic rings. The molecule has 21 heavy (non-hydrogen) atoms. The van der Waals surface area contributed by atoms with Crippen LogP contribution < -0.4 is 5.32 Å². The van der Waals surface area contributed by atoms with Crippen molar-refractivity contribution in [1.82, 2.24) is 10.2 Å². The molecular formula is C17H26N2O2. The zero-order valence-corrected chi connectivity index (χ0v) is 13.3. The summed E-state index contributed by atoms with van der Waals surface area (Å²) >= 11 is 0. The lowest BCUT2D eigenvalue weighted by atomic mass is 9.96. The second kappa shape index (κ2) is 7.05. The molecule has 1 atom stereocenters. The summed E-state index contributed by atoms with van der Waals surface area (Å²) in [5.74, 6) is 0.0858. The van der Waals surface area contributed by atoms with Gasteiger partial charge in [0.25, 0.3) is 0 Å². The number of carbonyl (C=O) groups is 1. The van der Waals surface area contributed by atoms with Crippen LogP contribution in [0.1, 0.15) is 25.3 Å². The summed E-state index contributed by atoms with van der Waals surface area (Å²) in [6.07, 6.45) is 2.32. The molecule has 0 aliphatic heterocycles. The van der Waals surface area contributed by atoms with Gasteiger partial charge in [0.05, 0.1) is 13.2 Å². The van der Waals surface area contributed by atoms with E-state index in [0.29, 0.717) is 13.2 Å². The largest absolute Gasteiger partial charge is 0.383 e. The van der Waals surface area contributed by atoms with E-state index in [0.717, 1.165) is 19.4 Å². The van der Waals surface area contributed by atoms with Gasteiger partial charge < -0.3 is 10.1 Å². The van der Waals surface area contributed by atoms with Gasteiger partial charge in [0.1, 0.15) is 0 Å². The molecule has 0 aromatic heterocycles. The molecule has 0 radical (unpaired) electrons. The molecule has 0 bridgehead atoms. The molecule has 1 N–H and O–H groups in total. The smallest absolute Gasteiger partial charge is 0.234 e. The summed E-state index contributed by atoms with van der Waals surface area (Å²) in [5, 5.41) is 3.09. The monoisotopic (exact) mass is 290 g/mol. The molecule has 2 rings (SSSR count). The Bertz CT molecular complexity index is 457. The number of methoxy groups -OCH3 is 1. The lowest BCUT2D eigenvalue weighted by Crippen LogP contribution is -2.43. The molecule has 0 saturated heterocycles. The number of ether oxygens (including phenoxy) is 1. The molecule has 1 aliphatic carbocycles. The fourth-order valence-electron chi connectivity index (χ4n) is 2.58. The van der Waals surface area contributed by atoms with Gasteiger partial charge in [-0.25, -0.2) is 0 Å². The number of amides is 1. The minimum Gasteiger partial charge on any atom is -0.383 e. The van der Waals surface area contributed by atoms with Crippen LogP contribution in [0.5, 0.6) is 0 Å². The molecule has 0 spiro atoms. The van der Waals surface area contributed by atoms with Gasteiger partial charge in [-0.2, -0.15) is 0 Å². The highest BCUT2D eigenvalue weighted by atomic mass is 16.5. The molecule has 1 fully saturated rings. The standard InChI is InChI=1S/C17H26N2O2/c1-14(12-21-3)19(2)11-16(20)18-13-17(9-10-17)15-7-5-4-6-8-15/h4-8,14H,9-13H2,1-3H3,(H,18,20)/t14-/m0/s1. The molecule has 1 amide bonds. The van der Waals surface area contributed by atoms with Crippen molar-refractivity contribution in [2.24, 2.45) is 0 Å². The van der Waals surface area contributed by atoms with Crippen molar-refractivity contribution in [2.75, 3.05) is 33.9 Å². The maximum atomic E-state index is 12.1. The van der Waals surface area contributed by atoms with Crippen molar-refractivity contribution in [1.29, 1.82) is 0 Å². The van der Waals surface area contributed by atoms with Crippen molar-refractivity contribution in [3.8, 4) is 0 Å². The normalized spacial score (nSPS) is 17.5. The second-order valence-electron chi connectivity index (χ2n) is 6.14. The fraction of sp³-hybridized carbons (Fsp3) is 0.588. The zero-order chi connectivity index (χ0) is 15.3. The molecule has 1 aromatic rings. The quantitative estimate of drug-likeness (QED) is 0.794. The number of likely N-dealkylation sites (N-methyl/N-ethyl adjacent to an activating group) is 1. The third kappa shape index (κ3) is 4.29. The van der Waals surface area contributed by atoms with Gasteiger partial charge in [0, 0.05) is 25.1 Å². The van der Waals surface area contributed by atoms with E-state index in [-0.39, 0.29) is 17.4 Å². The van der Waals surface area contributed by atoms with Gasteiger partial charge in [-0.05, 0) is 32.4 Å². The summed E-state index contributed by atoms with van der Waals surface area (Å²) in [6.45, 7) is 3.85. The topological polar surface area (TPSA) is 41.6 Å². The van der Waals surface area contributed by atoms with Crippen LogP contribution in [0.4, 0.5) is 0 Å². The SMILES string of the molecule is COC[C@H](C)N(C)CC(=O)NCC1(c2ccccc2)CC1. The first-order chi connectivity index (χ1) is 10.1. The van der Waals surface area contributed by atoms with Crippen LogP contribution in [0.2, 0.25) is 0 Å². The number of nitrogens with one attached hydrogen (secondary N) is 1. The van der Waals surface area contributed by atoms with E-state index in [2.05, 4.69) is 36.5 Å². The Kier molecular flexibility index (Phi) is 5.37. The highest BCUT2D eigenvalue weighted by Crippen LogP contribution is 2.47. The zero-order valence-electron chi connectivity index (χ0n) is 13.3. The van der Waals surface area contributed by atoms with Gasteiger partial charge in [-0.15, -0.1) is 0 Å². The van der Waals surface area contributed by atoms with E-state index in [9.17, 15) is 4.79 Å². The number of hydrogen-bond donors (Lipinski definition) is 1. The average Bonchev–Trinajstić information content (AvgIpc) is 3.27. The van der Waals surface area contributed by atoms with E-state index >= 15 is 0 Å². The van der Waals surface area contributed by atoms with Crippen LogP contribution in [-0.2, 0) is 14.9 Å². The maximum Gasteiger partial charge on any atom is 0.234 e. The van der Waals surface area contributed by atoms with E-state index in [4.69, 9.17) is 4.74 Å². The first-order valence-corrected chi connectivity index (χ1v) is 7.59. The molecule has 0 unspecified atom stereocenters. The first-order valence-electron chi connectivity index (χ1n) is 7.59. The molecule has 0 heterocycles. The Morgan fingerprint density at radius 2 is 2.05 bits per heavy atom. The molecule has 1 saturated carbocycles. The number of carbonyl (C=O) groups excluding carboxylic acids is 1. The third-order valence-corrected chi connectivity index (χ3v) is 4.42. The Morgan fingerprint density at radius 1 is 1.38 bits per heavy atom. The van der Waals surface area contributed by atoms with Crippen LogP contribution in [0.25, 0.3) is 0 Å². The van der Waals surface area contributed by atoms with Gasteiger partial charge in [-0.3, -0.25) is 9.69 Å². The molecular weight excluding hydrogens is 264 g/mol. The maximum absolute atomic E-state index is 12.1. The average molecular weight is 290 g/mol. The Hall–Kier alpha value is -1.39. The lowest BCUT2D eigenvalue weighted by molar-refractivity contribution is -0.122. The number of benzene rings is 1. The van der Waals surface area contributed by atoms with Crippen molar-refractivity contribution in [3.05, 3.63) is 35.9 Å². The minimum atomic E-state index is 0.0858. The Labute approximate surface area is 127 Å². The van der Waals surface area contributed by atoms with E-state index < -0.39 is 0 Å². The van der Waals surface area contributed by atoms with Crippen molar-refractivity contribution in [2.45, 2.75) is 31.2 Å². The van der Waals surface area contributed by atoms with Gasteiger partial charge in [0.2, 0.25) is 5.91 Å². The van der Waals surface area contributed by atoms with Crippen LogP contribution >= 0.6 is 0 Å². The summed E-state index contributed by atoms with van der Waals surface area (Å²) in [7, 11) is 3.63. The van der Waals surface area contributed by atoms with Crippen LogP contribution in [0.3, 0.4) is 0 Å². The predicted octanol–water partition coefficient (Wildman–Crippen LogP) is 1.80. The highest BCUT2D eigenvalue weighted by molar-refractivity contribution is 5.78. The summed E-state index contributed by atoms with van der Waals surface area (Å²) in [5.41, 5.74) is 1.51. The van der Waals surface area contributed by atoms with Crippen LogP contribution in [0.15, 0.2) is 30.3 Å². The van der Waals surface area contributed by atoms with Crippen molar-refractivity contribution < 1.29 is 9.53 Å². The number of hydrogen-bond acceptors (Lipinski definition) is 3. The van der Waals surface area contributed by atoms with Gasteiger partial charge in [0.15, 0.2) is 0 Å². The fourth-order valence-corrected chi connectivity index (χ4v) is 2.58. The first kappa shape index (κ1) is 16.0. The van der Waals surface area contributed by atoms with Crippen molar-refractivity contribution >= 4 is 5.91 Å². The van der Waals surface area contributed by atoms with Gasteiger partial charge in [-0.1, -0.05) is 30.3 Å². The van der Waals surface area contributed by atoms with Gasteiger partial charge >= 0.3 is 0 Å². The minimum absolute atomic E-state index is 0.0858. The summed E-state index contributed by atoms with van der Waals surface area (Å²) in [4.78, 5) is 14.1. The molecule has 1 aromatic carbocycles. The highest BCUT2D eigenvalue weighted by Gasteiger charge is 2.44. The Morgan fingerprint density at radius 3 is 2.62 bits per heavy atom. The third-order valence-electron chi connectivity index (χ3n) is 4.42. The van der Waals surface area contributed by atoms with E-state index in [1.54, 1.807) is 7.11 Å². The number of rotatable bonds is 8. The molecule has 4 nitrogen and oxygen atoms in total. The lowest BCUT2D eigenvalue weighted by Gasteiger charge is -2.24. The van der Waals surface area contributed by atoms with E-state index in [1.807, 2.05) is 18.0 Å². The molecule has 116 valence electrons. The summed E-state index contributed by atoms with van der Waals surface area (Å²) in [6, 6.07) is 10.7. The number of nitrogens with zero attached hydrogens (tertiary/aromatic N) is 1. The second-order valence-corrected chi connectivity index (χ2v) is 6.14. The Balaban J connectivity index is 1.79. The van der Waals surface area contributed by atoms with Crippen LogP contribution in [-0.4, -0.2) is 50.7 Å².